The van der Waals surface area contributed by atoms with E-state index in [9.17, 15) is 29.4 Å². The molecule has 246 valence electrons. The number of aliphatic hydroxyl groups is 2. The molecule has 0 amide bonds. The quantitative estimate of drug-likeness (QED) is 0.247. The van der Waals surface area contributed by atoms with Crippen LogP contribution in [-0.4, -0.2) is 86.9 Å². The number of hydrogen-bond acceptors (Lipinski definition) is 12. The number of nitrogens with zero attached hydrogens (tertiary/aromatic N) is 1. The summed E-state index contributed by atoms with van der Waals surface area (Å²) in [4.78, 5) is 56.2. The molecule has 2 aromatic rings. The highest BCUT2D eigenvalue weighted by atomic mass is 16.6. The maximum atomic E-state index is 13.7. The Morgan fingerprint density at radius 2 is 1.72 bits per heavy atom. The first kappa shape index (κ1) is 33.2. The second kappa shape index (κ2) is 12.2. The number of carbonyl (C=O) groups is 4. The van der Waals surface area contributed by atoms with Gasteiger partial charge in [0, 0.05) is 32.3 Å². The fraction of sp³-hybridized carbons (Fsp3) is 0.500. The molecule has 1 aliphatic heterocycles. The number of rotatable bonds is 8. The molecular weight excluding hydrogens is 598 g/mol. The van der Waals surface area contributed by atoms with Gasteiger partial charge in [0.25, 0.3) is 0 Å². The molecule has 2 aliphatic carbocycles. The van der Waals surface area contributed by atoms with E-state index in [1.54, 1.807) is 32.1 Å². The van der Waals surface area contributed by atoms with Gasteiger partial charge in [-0.1, -0.05) is 30.3 Å². The Bertz CT molecular complexity index is 1510. The Hall–Kier alpha value is -4.13. The van der Waals surface area contributed by atoms with Crippen LogP contribution in [0.15, 0.2) is 60.9 Å². The second-order valence-corrected chi connectivity index (χ2v) is 12.9. The number of ether oxygens (including phenoxy) is 5. The fourth-order valence-electron chi connectivity index (χ4n) is 7.76. The Kier molecular flexibility index (Phi) is 8.84. The highest BCUT2D eigenvalue weighted by Crippen LogP contribution is 2.68. The maximum absolute atomic E-state index is 13.7. The van der Waals surface area contributed by atoms with E-state index in [1.807, 2.05) is 18.2 Å². The summed E-state index contributed by atoms with van der Waals surface area (Å²) in [5.74, 6) is -4.19. The van der Waals surface area contributed by atoms with Gasteiger partial charge in [-0.2, -0.15) is 0 Å². The van der Waals surface area contributed by atoms with Crippen LogP contribution in [0, 0.1) is 11.3 Å². The normalized spacial score (nSPS) is 34.3. The topological polar surface area (TPSA) is 168 Å². The van der Waals surface area contributed by atoms with Gasteiger partial charge < -0.3 is 33.9 Å². The standard InChI is InChI=1S/C34H39NO11/c1-20(36)42-19-33-24(44-25(38)14-13-22-10-7-6-8-11-22)15-16-32(5,41)34(33)28(39)26(31(3,4)46-34)27(43-21(2)37)29(33)45-30(40)23-12-9-17-35-18-23/h6-14,17-18,24,26-29,39,41H,15-16,19H2,1-5H3/t24-,26+,27+,28+,29+,32-,33-,34-/m0/s1. The minimum atomic E-state index is -2.05. The Morgan fingerprint density at radius 3 is 2.35 bits per heavy atom. The molecule has 1 spiro atoms. The molecule has 2 N–H and O–H groups in total. The molecule has 1 aromatic carbocycles. The summed E-state index contributed by atoms with van der Waals surface area (Å²) < 4.78 is 30.4. The summed E-state index contributed by atoms with van der Waals surface area (Å²) in [5, 5.41) is 24.4. The van der Waals surface area contributed by atoms with Crippen molar-refractivity contribution in [2.24, 2.45) is 11.3 Å². The lowest BCUT2D eigenvalue weighted by Gasteiger charge is -2.65. The molecule has 8 atom stereocenters. The van der Waals surface area contributed by atoms with Gasteiger partial charge in [0.1, 0.15) is 29.8 Å². The van der Waals surface area contributed by atoms with Gasteiger partial charge in [-0.3, -0.25) is 14.6 Å². The molecule has 12 nitrogen and oxygen atoms in total. The summed E-state index contributed by atoms with van der Waals surface area (Å²) in [5.41, 5.74) is -6.39. The molecule has 1 aromatic heterocycles. The number of aromatic nitrogens is 1. The van der Waals surface area contributed by atoms with Crippen molar-refractivity contribution in [3.8, 4) is 0 Å². The summed E-state index contributed by atoms with van der Waals surface area (Å²) in [6, 6.07) is 12.0. The molecule has 12 heteroatoms. The van der Waals surface area contributed by atoms with Crippen LogP contribution < -0.4 is 0 Å². The van der Waals surface area contributed by atoms with E-state index in [4.69, 9.17) is 23.7 Å². The molecule has 5 rings (SSSR count). The highest BCUT2D eigenvalue weighted by molar-refractivity contribution is 5.89. The fourth-order valence-corrected chi connectivity index (χ4v) is 7.76. The number of pyridine rings is 1. The molecule has 2 bridgehead atoms. The predicted molar refractivity (Wildman–Crippen MR) is 161 cm³/mol. The van der Waals surface area contributed by atoms with Crippen LogP contribution in [-0.2, 0) is 38.1 Å². The van der Waals surface area contributed by atoms with Crippen LogP contribution in [0.3, 0.4) is 0 Å². The largest absolute Gasteiger partial charge is 0.465 e. The second-order valence-electron chi connectivity index (χ2n) is 12.9. The molecule has 3 fully saturated rings. The van der Waals surface area contributed by atoms with Crippen molar-refractivity contribution in [1.29, 1.82) is 0 Å². The summed E-state index contributed by atoms with van der Waals surface area (Å²) in [6.07, 6.45) is -0.291. The number of fused-ring (bicyclic) bond motifs is 1. The van der Waals surface area contributed by atoms with Crippen LogP contribution in [0.2, 0.25) is 0 Å². The molecule has 3 aliphatic rings. The molecule has 0 radical (unpaired) electrons. The molecule has 1 saturated heterocycles. The number of hydrogen-bond donors (Lipinski definition) is 2. The van der Waals surface area contributed by atoms with Crippen molar-refractivity contribution in [1.82, 2.24) is 4.98 Å². The van der Waals surface area contributed by atoms with Crippen LogP contribution >= 0.6 is 0 Å². The smallest absolute Gasteiger partial charge is 0.340 e. The number of carbonyl (C=O) groups excluding carboxylic acids is 4. The van der Waals surface area contributed by atoms with E-state index >= 15 is 0 Å². The molecule has 0 unspecified atom stereocenters. The van der Waals surface area contributed by atoms with Crippen LogP contribution in [0.5, 0.6) is 0 Å². The van der Waals surface area contributed by atoms with Crippen LogP contribution in [0.1, 0.15) is 63.4 Å². The molecule has 2 heterocycles. The van der Waals surface area contributed by atoms with Crippen molar-refractivity contribution in [2.45, 2.75) is 88.7 Å². The van der Waals surface area contributed by atoms with Gasteiger partial charge in [-0.05, 0) is 57.4 Å². The predicted octanol–water partition coefficient (Wildman–Crippen LogP) is 2.80. The summed E-state index contributed by atoms with van der Waals surface area (Å²) in [6.45, 7) is 6.47. The first-order chi connectivity index (χ1) is 21.7. The van der Waals surface area contributed by atoms with Crippen LogP contribution in [0.4, 0.5) is 0 Å². The monoisotopic (exact) mass is 637 g/mol. The van der Waals surface area contributed by atoms with Crippen molar-refractivity contribution >= 4 is 30.0 Å². The van der Waals surface area contributed by atoms with E-state index in [0.29, 0.717) is 0 Å². The SMILES string of the molecule is CC(=O)OC[C@@]12[C@@H](OC(=O)C=Cc3ccccc3)CC[C@](C)(O)[C@]13OC(C)(C)[C@H]([C@@H](OC(C)=O)[C@H]2OC(=O)c1cccnc1)[C@H]3O. The van der Waals surface area contributed by atoms with Gasteiger partial charge in [-0.15, -0.1) is 0 Å². The third kappa shape index (κ3) is 5.48. The van der Waals surface area contributed by atoms with Crippen molar-refractivity contribution < 1.29 is 53.1 Å². The number of aliphatic hydroxyl groups excluding tert-OH is 1. The lowest BCUT2D eigenvalue weighted by Crippen LogP contribution is -2.83. The van der Waals surface area contributed by atoms with E-state index in [0.717, 1.165) is 12.5 Å². The van der Waals surface area contributed by atoms with Gasteiger partial charge >= 0.3 is 23.9 Å². The zero-order chi connectivity index (χ0) is 33.5. The van der Waals surface area contributed by atoms with Gasteiger partial charge in [0.2, 0.25) is 0 Å². The first-order valence-corrected chi connectivity index (χ1v) is 15.1. The Morgan fingerprint density at radius 1 is 1.00 bits per heavy atom. The zero-order valence-corrected chi connectivity index (χ0v) is 26.4. The highest BCUT2D eigenvalue weighted by Gasteiger charge is 2.86. The van der Waals surface area contributed by atoms with Crippen molar-refractivity contribution in [3.63, 3.8) is 0 Å². The average molecular weight is 638 g/mol. The van der Waals surface area contributed by atoms with E-state index in [2.05, 4.69) is 4.98 Å². The summed E-state index contributed by atoms with van der Waals surface area (Å²) in [7, 11) is 0. The van der Waals surface area contributed by atoms with Gasteiger partial charge in [-0.25, -0.2) is 9.59 Å². The lowest BCUT2D eigenvalue weighted by atomic mass is 9.46. The number of esters is 4. The maximum Gasteiger partial charge on any atom is 0.340 e. The third-order valence-electron chi connectivity index (χ3n) is 9.52. The van der Waals surface area contributed by atoms with E-state index in [1.165, 1.54) is 44.4 Å². The Labute approximate surface area is 266 Å². The third-order valence-corrected chi connectivity index (χ3v) is 9.52. The van der Waals surface area contributed by atoms with E-state index in [-0.39, 0.29) is 18.4 Å². The minimum Gasteiger partial charge on any atom is -0.465 e. The van der Waals surface area contributed by atoms with Crippen molar-refractivity contribution in [2.75, 3.05) is 6.61 Å². The number of benzene rings is 1. The van der Waals surface area contributed by atoms with E-state index < -0.39 is 83.0 Å². The summed E-state index contributed by atoms with van der Waals surface area (Å²) >= 11 is 0. The lowest BCUT2D eigenvalue weighted by molar-refractivity contribution is -0.348. The Balaban J connectivity index is 1.72. The average Bonchev–Trinajstić information content (AvgIpc) is 3.18. The van der Waals surface area contributed by atoms with Crippen LogP contribution in [0.25, 0.3) is 6.08 Å². The van der Waals surface area contributed by atoms with Crippen molar-refractivity contribution in [3.05, 3.63) is 72.1 Å². The zero-order valence-electron chi connectivity index (χ0n) is 26.4. The first-order valence-electron chi connectivity index (χ1n) is 15.1. The molecular formula is C34H39NO11. The molecule has 2 saturated carbocycles. The molecule has 46 heavy (non-hydrogen) atoms. The van der Waals surface area contributed by atoms with Gasteiger partial charge in [0.05, 0.1) is 28.8 Å². The van der Waals surface area contributed by atoms with Gasteiger partial charge in [0.15, 0.2) is 6.10 Å². The minimum absolute atomic E-state index is 0.0173.